The van der Waals surface area contributed by atoms with Crippen LogP contribution in [0.25, 0.3) is 16.8 Å². The lowest BCUT2D eigenvalue weighted by molar-refractivity contribution is -0.139. The Hall–Kier alpha value is -4.72. The van der Waals surface area contributed by atoms with Crippen LogP contribution in [0.5, 0.6) is 11.5 Å². The first-order valence-electron chi connectivity index (χ1n) is 13.3. The molecule has 2 aliphatic rings. The van der Waals surface area contributed by atoms with Gasteiger partial charge in [0.2, 0.25) is 0 Å². The lowest BCUT2D eigenvalue weighted by atomic mass is 9.98. The normalized spacial score (nSPS) is 14.2. The Morgan fingerprint density at radius 3 is 2.27 bits per heavy atom. The van der Waals surface area contributed by atoms with E-state index >= 15 is 0 Å². The summed E-state index contributed by atoms with van der Waals surface area (Å²) in [6, 6.07) is 22.7. The molecular formula is C32H30N2O6. The van der Waals surface area contributed by atoms with Crippen LogP contribution in [-0.2, 0) is 16.0 Å². The van der Waals surface area contributed by atoms with Gasteiger partial charge in [0.1, 0.15) is 25.9 Å². The van der Waals surface area contributed by atoms with Crippen LogP contribution < -0.4 is 14.8 Å². The quantitative estimate of drug-likeness (QED) is 0.327. The molecule has 0 saturated carbocycles. The van der Waals surface area contributed by atoms with Gasteiger partial charge in [-0.3, -0.25) is 0 Å². The number of carboxylic acid groups (broad SMARTS) is 1. The maximum Gasteiger partial charge on any atom is 0.407 e. The topological polar surface area (TPSA) is 99.0 Å². The summed E-state index contributed by atoms with van der Waals surface area (Å²) in [4.78, 5) is 25.0. The van der Waals surface area contributed by atoms with Gasteiger partial charge in [0.05, 0.1) is 0 Å². The van der Waals surface area contributed by atoms with Crippen LogP contribution in [0.3, 0.4) is 0 Å². The molecule has 2 heterocycles. The highest BCUT2D eigenvalue weighted by atomic mass is 16.6. The summed E-state index contributed by atoms with van der Waals surface area (Å²) < 4.78 is 19.0. The first kappa shape index (κ1) is 25.6. The SMILES string of the molecule is Cc1cc(CC(NC(=O)OCC2c3ccccc3-c3ccccc32)C(=O)O)c(C)n1-c1ccc2c(c1)OCCO2. The van der Waals surface area contributed by atoms with E-state index in [0.717, 1.165) is 44.9 Å². The fraction of sp³-hybridized carbons (Fsp3) is 0.250. The minimum Gasteiger partial charge on any atom is -0.486 e. The van der Waals surface area contributed by atoms with Crippen LogP contribution in [0, 0.1) is 13.8 Å². The van der Waals surface area contributed by atoms with Gasteiger partial charge in [0.15, 0.2) is 11.5 Å². The van der Waals surface area contributed by atoms with Crippen molar-refractivity contribution in [3.63, 3.8) is 0 Å². The Balaban J connectivity index is 1.16. The van der Waals surface area contributed by atoms with E-state index in [1.54, 1.807) is 0 Å². The summed E-state index contributed by atoms with van der Waals surface area (Å²) in [5.41, 5.74) is 7.98. The number of ether oxygens (including phenoxy) is 3. The van der Waals surface area contributed by atoms with Crippen molar-refractivity contribution < 1.29 is 28.9 Å². The molecule has 0 bridgehead atoms. The van der Waals surface area contributed by atoms with Crippen molar-refractivity contribution in [3.05, 3.63) is 101 Å². The number of nitrogens with zero attached hydrogens (tertiary/aromatic N) is 1. The van der Waals surface area contributed by atoms with Gasteiger partial charge in [-0.2, -0.15) is 0 Å². The van der Waals surface area contributed by atoms with E-state index in [-0.39, 0.29) is 18.9 Å². The molecule has 0 saturated heterocycles. The molecule has 1 unspecified atom stereocenters. The Morgan fingerprint density at radius 2 is 1.60 bits per heavy atom. The van der Waals surface area contributed by atoms with Gasteiger partial charge in [0.25, 0.3) is 0 Å². The van der Waals surface area contributed by atoms with Crippen LogP contribution >= 0.6 is 0 Å². The van der Waals surface area contributed by atoms with Crippen LogP contribution in [0.2, 0.25) is 0 Å². The fourth-order valence-electron chi connectivity index (χ4n) is 5.81. The van der Waals surface area contributed by atoms with Crippen LogP contribution in [0.15, 0.2) is 72.8 Å². The molecule has 0 radical (unpaired) electrons. The highest BCUT2D eigenvalue weighted by molar-refractivity contribution is 5.81. The van der Waals surface area contributed by atoms with Crippen molar-refractivity contribution in [3.8, 4) is 28.3 Å². The predicted molar refractivity (Wildman–Crippen MR) is 150 cm³/mol. The standard InChI is InChI=1S/C32H30N2O6/c1-19-15-21(20(2)34(19)22-11-12-29-30(17-22)39-14-13-38-29)16-28(31(35)36)33-32(37)40-18-27-25-9-5-3-7-23(25)24-8-4-6-10-26(24)27/h3-12,15,17,27-28H,13-14,16,18H2,1-2H3,(H,33,37)(H,35,36). The van der Waals surface area contributed by atoms with Crippen molar-refractivity contribution in [1.82, 2.24) is 9.88 Å². The number of amides is 1. The minimum absolute atomic E-state index is 0.105. The van der Waals surface area contributed by atoms with E-state index in [1.807, 2.05) is 79.1 Å². The number of carboxylic acids is 1. The Kier molecular flexibility index (Phi) is 6.67. The molecule has 1 atom stereocenters. The third-order valence-electron chi connectivity index (χ3n) is 7.68. The molecule has 8 nitrogen and oxygen atoms in total. The van der Waals surface area contributed by atoms with Crippen LogP contribution in [0.1, 0.15) is 34.0 Å². The Bertz CT molecular complexity index is 1560. The average Bonchev–Trinajstić information content (AvgIpc) is 3.43. The predicted octanol–water partition coefficient (Wildman–Crippen LogP) is 5.40. The first-order chi connectivity index (χ1) is 19.4. The number of nitrogens with one attached hydrogen (secondary N) is 1. The summed E-state index contributed by atoms with van der Waals surface area (Å²) in [6.45, 7) is 5.02. The third kappa shape index (κ3) is 4.66. The smallest absolute Gasteiger partial charge is 0.407 e. The number of benzene rings is 3. The second-order valence-corrected chi connectivity index (χ2v) is 10.1. The number of aliphatic carboxylic acids is 1. The zero-order valence-electron chi connectivity index (χ0n) is 22.3. The number of fused-ring (bicyclic) bond motifs is 4. The molecule has 0 fully saturated rings. The number of rotatable bonds is 7. The summed E-state index contributed by atoms with van der Waals surface area (Å²) >= 11 is 0. The number of hydrogen-bond acceptors (Lipinski definition) is 5. The molecule has 4 aromatic rings. The number of hydrogen-bond donors (Lipinski definition) is 2. The van der Waals surface area contributed by atoms with Crippen molar-refractivity contribution in [1.29, 1.82) is 0 Å². The summed E-state index contributed by atoms with van der Waals surface area (Å²) in [5.74, 6) is 0.151. The molecule has 6 rings (SSSR count). The summed E-state index contributed by atoms with van der Waals surface area (Å²) in [7, 11) is 0. The maximum absolute atomic E-state index is 12.8. The number of carbonyl (C=O) groups is 2. The van der Waals surface area contributed by atoms with Gasteiger partial charge in [-0.25, -0.2) is 9.59 Å². The van der Waals surface area contributed by atoms with Crippen molar-refractivity contribution in [2.45, 2.75) is 32.2 Å². The summed E-state index contributed by atoms with van der Waals surface area (Å²) in [5, 5.41) is 12.5. The van der Waals surface area contributed by atoms with E-state index in [9.17, 15) is 14.7 Å². The van der Waals surface area contributed by atoms with Gasteiger partial charge in [-0.1, -0.05) is 48.5 Å². The third-order valence-corrected chi connectivity index (χ3v) is 7.68. The zero-order valence-corrected chi connectivity index (χ0v) is 22.3. The second-order valence-electron chi connectivity index (χ2n) is 10.1. The average molecular weight is 539 g/mol. The van der Waals surface area contributed by atoms with Gasteiger partial charge < -0.3 is 29.2 Å². The molecule has 1 aliphatic carbocycles. The summed E-state index contributed by atoms with van der Waals surface area (Å²) in [6.07, 6.45) is -0.640. The number of aromatic nitrogens is 1. The Morgan fingerprint density at radius 1 is 0.950 bits per heavy atom. The second kappa shape index (κ2) is 10.4. The highest BCUT2D eigenvalue weighted by Crippen LogP contribution is 2.44. The molecule has 0 spiro atoms. The molecule has 204 valence electrons. The van der Waals surface area contributed by atoms with Gasteiger partial charge in [0, 0.05) is 35.5 Å². The van der Waals surface area contributed by atoms with E-state index in [2.05, 4.69) is 17.4 Å². The molecular weight excluding hydrogens is 508 g/mol. The fourth-order valence-corrected chi connectivity index (χ4v) is 5.81. The monoisotopic (exact) mass is 538 g/mol. The van der Waals surface area contributed by atoms with E-state index in [0.29, 0.717) is 24.7 Å². The number of alkyl carbamates (subject to hydrolysis) is 1. The molecule has 1 aliphatic heterocycles. The lowest BCUT2D eigenvalue weighted by Gasteiger charge is -2.20. The van der Waals surface area contributed by atoms with Crippen LogP contribution in [0.4, 0.5) is 4.79 Å². The number of aryl methyl sites for hydroxylation is 1. The van der Waals surface area contributed by atoms with E-state index < -0.39 is 18.1 Å². The molecule has 1 aromatic heterocycles. The molecule has 2 N–H and O–H groups in total. The number of carbonyl (C=O) groups excluding carboxylic acids is 1. The van der Waals surface area contributed by atoms with E-state index in [4.69, 9.17) is 14.2 Å². The minimum atomic E-state index is -1.15. The molecule has 3 aromatic carbocycles. The maximum atomic E-state index is 12.8. The van der Waals surface area contributed by atoms with Crippen LogP contribution in [-0.4, -0.2) is 47.6 Å². The van der Waals surface area contributed by atoms with E-state index in [1.165, 1.54) is 0 Å². The van der Waals surface area contributed by atoms with Crippen molar-refractivity contribution in [2.75, 3.05) is 19.8 Å². The van der Waals surface area contributed by atoms with Gasteiger partial charge in [-0.05, 0) is 59.9 Å². The van der Waals surface area contributed by atoms with Gasteiger partial charge in [-0.15, -0.1) is 0 Å². The molecule has 1 amide bonds. The first-order valence-corrected chi connectivity index (χ1v) is 13.3. The van der Waals surface area contributed by atoms with Crippen molar-refractivity contribution >= 4 is 12.1 Å². The largest absolute Gasteiger partial charge is 0.486 e. The molecule has 8 heteroatoms. The molecule has 40 heavy (non-hydrogen) atoms. The highest BCUT2D eigenvalue weighted by Gasteiger charge is 2.30. The van der Waals surface area contributed by atoms with Gasteiger partial charge >= 0.3 is 12.1 Å². The van der Waals surface area contributed by atoms with Crippen molar-refractivity contribution in [2.24, 2.45) is 0 Å². The lowest BCUT2D eigenvalue weighted by Crippen LogP contribution is -2.43. The Labute approximate surface area is 232 Å². The zero-order chi connectivity index (χ0) is 27.8.